The Morgan fingerprint density at radius 1 is 0.963 bits per heavy atom. The molecule has 0 saturated carbocycles. The SMILES string of the molecule is C=C/C=C\C=C/CC.C=CC1=C(/C=C2\CNC(C=C)C=C2/C=C(\CC)c2ccc(N(C)C3=CC=CCC=C3)cc2C)SC(c2ccccc2)N1.CC.CC. The number of allylic oxidation sites excluding steroid dienone is 14. The van der Waals surface area contributed by atoms with Crippen molar-refractivity contribution in [2.75, 3.05) is 18.5 Å². The number of nitrogens with zero attached hydrogens (tertiary/aromatic N) is 1. The number of nitrogens with one attached hydrogen (secondary N) is 2. The monoisotopic (exact) mass is 739 g/mol. The van der Waals surface area contributed by atoms with Crippen LogP contribution in [-0.2, 0) is 0 Å². The number of rotatable bonds is 12. The fourth-order valence-corrected chi connectivity index (χ4v) is 7.04. The molecule has 0 spiro atoms. The average Bonchev–Trinajstić information content (AvgIpc) is 3.43. The van der Waals surface area contributed by atoms with E-state index in [0.29, 0.717) is 0 Å². The summed E-state index contributed by atoms with van der Waals surface area (Å²) in [6.45, 7) is 27.0. The van der Waals surface area contributed by atoms with Crippen LogP contribution in [0.2, 0.25) is 0 Å². The quantitative estimate of drug-likeness (QED) is 0.167. The first-order valence-electron chi connectivity index (χ1n) is 19.6. The van der Waals surface area contributed by atoms with Crippen LogP contribution in [0, 0.1) is 6.92 Å². The van der Waals surface area contributed by atoms with E-state index in [2.05, 4.69) is 166 Å². The molecule has 4 heteroatoms. The van der Waals surface area contributed by atoms with Gasteiger partial charge in [-0.05, 0) is 96.0 Å². The predicted molar refractivity (Wildman–Crippen MR) is 246 cm³/mol. The van der Waals surface area contributed by atoms with Gasteiger partial charge in [-0.2, -0.15) is 0 Å². The molecule has 2 heterocycles. The van der Waals surface area contributed by atoms with E-state index in [1.807, 2.05) is 69.8 Å². The van der Waals surface area contributed by atoms with Gasteiger partial charge in [0.2, 0.25) is 0 Å². The Bertz CT molecular complexity index is 1770. The van der Waals surface area contributed by atoms with Crippen molar-refractivity contribution in [1.29, 1.82) is 0 Å². The first-order valence-corrected chi connectivity index (χ1v) is 20.5. The molecule has 0 bridgehead atoms. The van der Waals surface area contributed by atoms with Gasteiger partial charge < -0.3 is 15.5 Å². The molecular weight excluding hydrogens is 675 g/mol. The molecule has 3 nitrogen and oxygen atoms in total. The van der Waals surface area contributed by atoms with Crippen LogP contribution >= 0.6 is 11.8 Å². The van der Waals surface area contributed by atoms with Gasteiger partial charge in [-0.25, -0.2) is 0 Å². The number of aryl methyl sites for hydroxylation is 1. The van der Waals surface area contributed by atoms with Gasteiger partial charge in [-0.15, -0.1) is 6.58 Å². The molecule has 286 valence electrons. The van der Waals surface area contributed by atoms with E-state index < -0.39 is 0 Å². The molecule has 2 unspecified atom stereocenters. The maximum absolute atomic E-state index is 4.09. The summed E-state index contributed by atoms with van der Waals surface area (Å²) in [6.07, 6.45) is 34.6. The Kier molecular flexibility index (Phi) is 21.9. The molecular formula is C50H65N3S. The standard InChI is InChI=1S/C38H41N3S.C8H12.2C2H6/c1-6-28(35-21-20-34(22-27(35)4)41(5)33-18-14-9-10-15-19-33)23-30-24-32(7-2)39-26-31(30)25-37-36(8-3)40-38(42-37)29-16-12-11-13-17-29;1-3-5-7-8-6-4-2;2*1-2/h7-9,11-25,32,38-40H,2-3,6,10,26H2,1,4-5H3;3,5-8H,1,4H2,2H3;2*1-2H3/b28-23+,31-25+;7-5-,8-6-;;. The molecule has 0 fully saturated rings. The average molecular weight is 740 g/mol. The normalized spacial score (nSPS) is 18.6. The molecule has 2 N–H and O–H groups in total. The van der Waals surface area contributed by atoms with Crippen molar-refractivity contribution >= 4 is 23.0 Å². The fraction of sp³-hybridized carbons (Fsp3) is 0.280. The highest BCUT2D eigenvalue weighted by Crippen LogP contribution is 2.42. The molecule has 2 aromatic rings. The van der Waals surface area contributed by atoms with Crippen LogP contribution in [0.5, 0.6) is 0 Å². The molecule has 0 amide bonds. The Morgan fingerprint density at radius 2 is 1.72 bits per heavy atom. The minimum absolute atomic E-state index is 0.137. The summed E-state index contributed by atoms with van der Waals surface area (Å²) in [4.78, 5) is 3.47. The van der Waals surface area contributed by atoms with E-state index in [1.54, 1.807) is 6.08 Å². The van der Waals surface area contributed by atoms with Crippen molar-refractivity contribution in [1.82, 2.24) is 10.6 Å². The Hall–Kier alpha value is -4.77. The Morgan fingerprint density at radius 3 is 2.37 bits per heavy atom. The van der Waals surface area contributed by atoms with E-state index >= 15 is 0 Å². The molecule has 0 radical (unpaired) electrons. The third kappa shape index (κ3) is 13.9. The number of anilines is 1. The third-order valence-electron chi connectivity index (χ3n) is 8.66. The summed E-state index contributed by atoms with van der Waals surface area (Å²) < 4.78 is 0. The van der Waals surface area contributed by atoms with E-state index in [1.165, 1.54) is 49.7 Å². The number of benzene rings is 2. The van der Waals surface area contributed by atoms with Crippen LogP contribution in [0.4, 0.5) is 5.69 Å². The van der Waals surface area contributed by atoms with E-state index in [0.717, 1.165) is 31.5 Å². The third-order valence-corrected chi connectivity index (χ3v) is 9.87. The van der Waals surface area contributed by atoms with Gasteiger partial charge in [0.1, 0.15) is 5.37 Å². The van der Waals surface area contributed by atoms with Gasteiger partial charge in [-0.1, -0.05) is 170 Å². The zero-order valence-corrected chi connectivity index (χ0v) is 35.1. The predicted octanol–water partition coefficient (Wildman–Crippen LogP) is 13.8. The van der Waals surface area contributed by atoms with E-state index in [9.17, 15) is 0 Å². The Labute approximate surface area is 333 Å². The maximum Gasteiger partial charge on any atom is 0.103 e. The van der Waals surface area contributed by atoms with Crippen molar-refractivity contribution < 1.29 is 0 Å². The number of likely N-dealkylation sites (N-methyl/N-ethyl adjacent to an activating group) is 1. The van der Waals surface area contributed by atoms with Gasteiger partial charge in [-0.3, -0.25) is 0 Å². The lowest BCUT2D eigenvalue weighted by Crippen LogP contribution is -2.32. The second-order valence-electron chi connectivity index (χ2n) is 12.2. The van der Waals surface area contributed by atoms with Crippen LogP contribution in [0.1, 0.15) is 82.9 Å². The van der Waals surface area contributed by atoms with Crippen molar-refractivity contribution in [3.05, 3.63) is 204 Å². The van der Waals surface area contributed by atoms with Crippen LogP contribution in [0.15, 0.2) is 187 Å². The zero-order valence-electron chi connectivity index (χ0n) is 34.2. The summed E-state index contributed by atoms with van der Waals surface area (Å²) in [5, 5.41) is 7.43. The first-order chi connectivity index (χ1) is 26.4. The van der Waals surface area contributed by atoms with Gasteiger partial charge in [0, 0.05) is 41.6 Å². The fourth-order valence-electron chi connectivity index (χ4n) is 5.83. The molecule has 2 atom stereocenters. The topological polar surface area (TPSA) is 27.3 Å². The molecule has 2 aliphatic heterocycles. The van der Waals surface area contributed by atoms with Crippen molar-refractivity contribution in [3.63, 3.8) is 0 Å². The lowest BCUT2D eigenvalue weighted by Gasteiger charge is -2.24. The largest absolute Gasteiger partial charge is 0.368 e. The van der Waals surface area contributed by atoms with Crippen molar-refractivity contribution in [2.45, 2.75) is 79.1 Å². The summed E-state index contributed by atoms with van der Waals surface area (Å²) >= 11 is 1.85. The molecule has 54 heavy (non-hydrogen) atoms. The summed E-state index contributed by atoms with van der Waals surface area (Å²) in [7, 11) is 2.14. The molecule has 0 aromatic heterocycles. The lowest BCUT2D eigenvalue weighted by atomic mass is 9.91. The highest BCUT2D eigenvalue weighted by Gasteiger charge is 2.24. The second-order valence-corrected chi connectivity index (χ2v) is 13.3. The van der Waals surface area contributed by atoms with Gasteiger partial charge in [0.25, 0.3) is 0 Å². The number of hydrogen-bond donors (Lipinski definition) is 2. The molecule has 5 rings (SSSR count). The van der Waals surface area contributed by atoms with Gasteiger partial charge >= 0.3 is 0 Å². The van der Waals surface area contributed by atoms with Crippen LogP contribution in [0.3, 0.4) is 0 Å². The number of hydrogen-bond acceptors (Lipinski definition) is 4. The minimum Gasteiger partial charge on any atom is -0.368 e. The molecule has 0 saturated heterocycles. The van der Waals surface area contributed by atoms with Crippen LogP contribution in [0.25, 0.3) is 5.57 Å². The summed E-state index contributed by atoms with van der Waals surface area (Å²) in [6, 6.07) is 17.5. The summed E-state index contributed by atoms with van der Waals surface area (Å²) in [5.74, 6) is 0. The number of thioether (sulfide) groups is 1. The van der Waals surface area contributed by atoms with Crippen molar-refractivity contribution in [2.24, 2.45) is 0 Å². The van der Waals surface area contributed by atoms with Gasteiger partial charge in [0.05, 0.1) is 0 Å². The van der Waals surface area contributed by atoms with Crippen LogP contribution in [-0.4, -0.2) is 19.6 Å². The second kappa shape index (κ2) is 26.1. The van der Waals surface area contributed by atoms with E-state index in [4.69, 9.17) is 0 Å². The zero-order chi connectivity index (χ0) is 39.7. The summed E-state index contributed by atoms with van der Waals surface area (Å²) in [5.41, 5.74) is 11.1. The maximum atomic E-state index is 4.09. The molecule has 3 aliphatic rings. The lowest BCUT2D eigenvalue weighted by molar-refractivity contribution is 0.700. The first kappa shape index (κ1) is 45.4. The Balaban J connectivity index is 0.000000738. The minimum atomic E-state index is 0.137. The van der Waals surface area contributed by atoms with E-state index in [-0.39, 0.29) is 11.4 Å². The van der Waals surface area contributed by atoms with Crippen LogP contribution < -0.4 is 15.5 Å². The van der Waals surface area contributed by atoms with Crippen molar-refractivity contribution in [3.8, 4) is 0 Å². The highest BCUT2D eigenvalue weighted by atomic mass is 32.2. The smallest absolute Gasteiger partial charge is 0.103 e. The highest BCUT2D eigenvalue weighted by molar-refractivity contribution is 8.03. The molecule has 1 aliphatic carbocycles. The van der Waals surface area contributed by atoms with Gasteiger partial charge in [0.15, 0.2) is 0 Å². The molecule has 2 aromatic carbocycles.